The van der Waals surface area contributed by atoms with Crippen molar-refractivity contribution in [1.82, 2.24) is 0 Å². The minimum absolute atomic E-state index is 0.0399. The van der Waals surface area contributed by atoms with E-state index in [0.717, 1.165) is 0 Å². The van der Waals surface area contributed by atoms with Crippen molar-refractivity contribution in [2.45, 2.75) is 31.3 Å². The van der Waals surface area contributed by atoms with Crippen LogP contribution in [0.5, 0.6) is 0 Å². The van der Waals surface area contributed by atoms with Gasteiger partial charge in [0, 0.05) is 0 Å². The van der Waals surface area contributed by atoms with E-state index in [-0.39, 0.29) is 17.1 Å². The van der Waals surface area contributed by atoms with Crippen LogP contribution in [-0.2, 0) is 17.1 Å². The second-order valence-corrected chi connectivity index (χ2v) is 6.46. The molecule has 0 nitrogen and oxygen atoms in total. The second kappa shape index (κ2) is 2.82. The minimum atomic E-state index is -0.0399. The number of rotatable bonds is 1. The van der Waals surface area contributed by atoms with Gasteiger partial charge in [0.1, 0.15) is 0 Å². The van der Waals surface area contributed by atoms with Gasteiger partial charge in [0.2, 0.25) is 0 Å². The van der Waals surface area contributed by atoms with Crippen LogP contribution < -0.4 is 0 Å². The third kappa shape index (κ3) is 6.62. The van der Waals surface area contributed by atoms with Crippen LogP contribution in [-0.4, -0.2) is 0 Å². The van der Waals surface area contributed by atoms with Gasteiger partial charge in [-0.25, -0.2) is 0 Å². The van der Waals surface area contributed by atoms with Gasteiger partial charge in [-0.3, -0.25) is 0 Å². The summed E-state index contributed by atoms with van der Waals surface area (Å²) in [5.41, 5.74) is 3.05. The molecule has 0 aliphatic carbocycles. The van der Waals surface area contributed by atoms with Crippen LogP contribution in [0, 0.1) is 5.41 Å². The molecule has 0 atom stereocenters. The molecular weight excluding hydrogens is 137 g/mol. The molecule has 0 saturated carbocycles. The maximum atomic E-state index is 2.41. The van der Waals surface area contributed by atoms with E-state index in [9.17, 15) is 0 Å². The summed E-state index contributed by atoms with van der Waals surface area (Å²) in [7, 11) is 0. The van der Waals surface area contributed by atoms with Crippen molar-refractivity contribution in [1.29, 1.82) is 0 Å². The molecule has 40 valence electrons. The van der Waals surface area contributed by atoms with Gasteiger partial charge in [-0.05, 0) is 0 Å². The Morgan fingerprint density at radius 3 is 1.71 bits per heavy atom. The zero-order valence-electron chi connectivity index (χ0n) is 5.91. The van der Waals surface area contributed by atoms with E-state index in [2.05, 4.69) is 26.3 Å². The van der Waals surface area contributed by atoms with Gasteiger partial charge in [0.15, 0.2) is 0 Å². The van der Waals surface area contributed by atoms with Crippen LogP contribution in [0.3, 0.4) is 0 Å². The van der Waals surface area contributed by atoms with E-state index < -0.39 is 0 Å². The third-order valence-electron chi connectivity index (χ3n) is 1.000. The van der Waals surface area contributed by atoms with Gasteiger partial charge < -0.3 is 0 Å². The van der Waals surface area contributed by atoms with Gasteiger partial charge >= 0.3 is 53.8 Å². The van der Waals surface area contributed by atoms with Crippen molar-refractivity contribution in [3.8, 4) is 0 Å². The molecule has 0 radical (unpaired) electrons. The van der Waals surface area contributed by atoms with Crippen LogP contribution in [0.1, 0.15) is 20.8 Å². The Labute approximate surface area is 54.3 Å². The summed E-state index contributed by atoms with van der Waals surface area (Å²) in [6.07, 6.45) is 0. The Hall–Kier alpha value is 0.623. The molecule has 0 saturated heterocycles. The van der Waals surface area contributed by atoms with Gasteiger partial charge in [-0.2, -0.15) is 0 Å². The van der Waals surface area contributed by atoms with Gasteiger partial charge in [-0.1, -0.05) is 0 Å². The van der Waals surface area contributed by atoms with Crippen molar-refractivity contribution in [2.75, 3.05) is 0 Å². The summed E-state index contributed by atoms with van der Waals surface area (Å²) >= 11 is -0.0399. The number of hydrogen-bond donors (Lipinski definition) is 0. The first-order chi connectivity index (χ1) is 3.06. The summed E-state index contributed by atoms with van der Waals surface area (Å²) in [6.45, 7) is 6.96. The van der Waals surface area contributed by atoms with E-state index in [4.69, 9.17) is 0 Å². The van der Waals surface area contributed by atoms with E-state index in [1.54, 1.807) is 0 Å². The monoisotopic (exact) mass is 150 g/mol. The molecule has 0 amide bonds. The third-order valence-corrected chi connectivity index (χ3v) is 5.20. The summed E-state index contributed by atoms with van der Waals surface area (Å²) in [5.74, 6) is 0. The molecule has 0 aromatic heterocycles. The fraction of sp³-hybridized carbons (Fsp3) is 1.00. The molecule has 0 aliphatic rings. The molecule has 0 spiro atoms. The molecule has 1 heteroatoms. The Balaban J connectivity index is 3.15. The van der Waals surface area contributed by atoms with Gasteiger partial charge in [0.25, 0.3) is 0 Å². The van der Waals surface area contributed by atoms with Crippen LogP contribution in [0.4, 0.5) is 0 Å². The van der Waals surface area contributed by atoms with Gasteiger partial charge in [-0.15, -0.1) is 0 Å². The predicted octanol–water partition coefficient (Wildman–Crippen LogP) is 2.58. The molecular formula is C6H14Zn. The zero-order chi connectivity index (χ0) is 5.91. The first-order valence-electron chi connectivity index (χ1n) is 3.06. The fourth-order valence-corrected chi connectivity index (χ4v) is 3.90. The Morgan fingerprint density at radius 2 is 1.71 bits per heavy atom. The first-order valence-corrected chi connectivity index (χ1v) is 8.13. The molecule has 0 rings (SSSR count). The van der Waals surface area contributed by atoms with Crippen LogP contribution in [0.2, 0.25) is 10.5 Å². The average molecular weight is 152 g/mol. The second-order valence-electron chi connectivity index (χ2n) is 3.31. The van der Waals surface area contributed by atoms with Gasteiger partial charge in [0.05, 0.1) is 0 Å². The van der Waals surface area contributed by atoms with Crippen LogP contribution >= 0.6 is 0 Å². The molecule has 0 unspecified atom stereocenters. The molecule has 0 N–H and O–H groups in total. The average Bonchev–Trinajstić information content (AvgIpc) is 1.30. The number of hydrogen-bond acceptors (Lipinski definition) is 0. The topological polar surface area (TPSA) is 0 Å². The van der Waals surface area contributed by atoms with E-state index >= 15 is 0 Å². The first kappa shape index (κ1) is 7.62. The Kier molecular flexibility index (Phi) is 3.07. The predicted molar refractivity (Wildman–Crippen MR) is 30.1 cm³/mol. The normalized spacial score (nSPS) is 10.9. The summed E-state index contributed by atoms with van der Waals surface area (Å²) < 4.78 is 0. The molecule has 0 fully saturated rings. The standard InChI is InChI=1S/C5H11.CH3.Zn/c1-5(2,3)4;;/h1H2,2-4H3;1H3;. The quantitative estimate of drug-likeness (QED) is 0.506. The molecule has 0 aromatic carbocycles. The maximum absolute atomic E-state index is 2.41. The van der Waals surface area contributed by atoms with E-state index in [1.807, 2.05) is 0 Å². The van der Waals surface area contributed by atoms with E-state index in [0.29, 0.717) is 5.41 Å². The molecule has 0 bridgehead atoms. The summed E-state index contributed by atoms with van der Waals surface area (Å²) in [4.78, 5) is 0. The zero-order valence-corrected chi connectivity index (χ0v) is 8.88. The SMILES string of the molecule is [CH3][Zn][CH2]C(C)(C)C. The Morgan fingerprint density at radius 1 is 1.29 bits per heavy atom. The Bertz CT molecular complexity index is 42.6. The molecule has 0 aliphatic heterocycles. The van der Waals surface area contributed by atoms with Crippen LogP contribution in [0.25, 0.3) is 0 Å². The van der Waals surface area contributed by atoms with Crippen molar-refractivity contribution < 1.29 is 17.1 Å². The van der Waals surface area contributed by atoms with Crippen LogP contribution in [0.15, 0.2) is 0 Å². The molecule has 7 heavy (non-hydrogen) atoms. The van der Waals surface area contributed by atoms with Crippen molar-refractivity contribution in [2.24, 2.45) is 5.41 Å². The summed E-state index contributed by atoms with van der Waals surface area (Å²) in [6, 6.07) is 0. The van der Waals surface area contributed by atoms with Crippen molar-refractivity contribution in [3.05, 3.63) is 0 Å². The van der Waals surface area contributed by atoms with E-state index in [1.165, 1.54) is 5.02 Å². The van der Waals surface area contributed by atoms with Crippen molar-refractivity contribution >= 4 is 0 Å². The fourth-order valence-electron chi connectivity index (χ4n) is 0.750. The molecule has 0 heterocycles. The summed E-state index contributed by atoms with van der Waals surface area (Å²) in [5, 5.41) is 1.53. The van der Waals surface area contributed by atoms with Crippen molar-refractivity contribution in [3.63, 3.8) is 0 Å². The molecule has 0 aromatic rings.